The van der Waals surface area contributed by atoms with Gasteiger partial charge >= 0.3 is 0 Å². The van der Waals surface area contributed by atoms with Crippen molar-refractivity contribution in [2.45, 2.75) is 19.4 Å². The second-order valence-electron chi connectivity index (χ2n) is 4.55. The lowest BCUT2D eigenvalue weighted by atomic mass is 10.1. The summed E-state index contributed by atoms with van der Waals surface area (Å²) >= 11 is 0. The lowest BCUT2D eigenvalue weighted by molar-refractivity contribution is -0.384. The van der Waals surface area contributed by atoms with Crippen LogP contribution in [0, 0.1) is 16.0 Å². The predicted octanol–water partition coefficient (Wildman–Crippen LogP) is 1.93. The molecule has 0 aliphatic heterocycles. The molecule has 0 spiro atoms. The van der Waals surface area contributed by atoms with Gasteiger partial charge in [-0.25, -0.2) is 0 Å². The van der Waals surface area contributed by atoms with Gasteiger partial charge in [-0.2, -0.15) is 0 Å². The van der Waals surface area contributed by atoms with Crippen LogP contribution in [0.2, 0.25) is 0 Å². The summed E-state index contributed by atoms with van der Waals surface area (Å²) in [7, 11) is 1.96. The summed E-state index contributed by atoms with van der Waals surface area (Å²) in [6.45, 7) is 0.775. The van der Waals surface area contributed by atoms with Crippen molar-refractivity contribution in [2.75, 3.05) is 18.5 Å². The number of aliphatic hydroxyl groups is 1. The number of aliphatic hydroxyl groups excluding tert-OH is 1. The average Bonchev–Trinajstić information content (AvgIpc) is 3.11. The first-order chi connectivity index (χ1) is 8.11. The van der Waals surface area contributed by atoms with E-state index >= 15 is 0 Å². The van der Waals surface area contributed by atoms with E-state index < -0.39 is 4.92 Å². The summed E-state index contributed by atoms with van der Waals surface area (Å²) < 4.78 is 0. The van der Waals surface area contributed by atoms with Crippen LogP contribution >= 0.6 is 0 Å². The minimum absolute atomic E-state index is 0.0256. The maximum Gasteiger partial charge on any atom is 0.269 e. The Hall–Kier alpha value is -1.62. The Balaban J connectivity index is 2.22. The van der Waals surface area contributed by atoms with E-state index in [0.29, 0.717) is 5.56 Å². The van der Waals surface area contributed by atoms with Crippen molar-refractivity contribution in [2.24, 2.45) is 5.92 Å². The summed E-state index contributed by atoms with van der Waals surface area (Å²) in [6, 6.07) is 4.64. The number of anilines is 1. The highest BCUT2D eigenvalue weighted by atomic mass is 16.6. The molecule has 1 N–H and O–H groups in total. The molecule has 0 heterocycles. The monoisotopic (exact) mass is 236 g/mol. The van der Waals surface area contributed by atoms with E-state index in [9.17, 15) is 15.2 Å². The maximum atomic E-state index is 10.6. The highest BCUT2D eigenvalue weighted by Gasteiger charge is 2.24. The van der Waals surface area contributed by atoms with E-state index in [4.69, 9.17) is 0 Å². The molecule has 2 rings (SSSR count). The van der Waals surface area contributed by atoms with Gasteiger partial charge in [0.15, 0.2) is 0 Å². The van der Waals surface area contributed by atoms with Gasteiger partial charge in [-0.3, -0.25) is 10.1 Å². The van der Waals surface area contributed by atoms with Crippen molar-refractivity contribution in [3.8, 4) is 0 Å². The number of benzene rings is 1. The number of non-ortho nitro benzene ring substituents is 1. The first-order valence-corrected chi connectivity index (χ1v) is 5.71. The molecule has 1 saturated carbocycles. The van der Waals surface area contributed by atoms with Crippen LogP contribution in [-0.2, 0) is 6.61 Å². The van der Waals surface area contributed by atoms with Crippen molar-refractivity contribution in [1.29, 1.82) is 0 Å². The highest BCUT2D eigenvalue weighted by molar-refractivity contribution is 5.57. The van der Waals surface area contributed by atoms with Crippen molar-refractivity contribution >= 4 is 11.4 Å². The molecule has 5 heteroatoms. The molecule has 0 aromatic heterocycles. The molecule has 0 saturated heterocycles. The van der Waals surface area contributed by atoms with Gasteiger partial charge in [-0.15, -0.1) is 0 Å². The Morgan fingerprint density at radius 1 is 1.53 bits per heavy atom. The number of hydrogen-bond acceptors (Lipinski definition) is 4. The molecular weight excluding hydrogens is 220 g/mol. The van der Waals surface area contributed by atoms with Crippen molar-refractivity contribution < 1.29 is 10.0 Å². The Kier molecular flexibility index (Phi) is 3.28. The van der Waals surface area contributed by atoms with Crippen LogP contribution in [0.25, 0.3) is 0 Å². The quantitative estimate of drug-likeness (QED) is 0.626. The smallest absolute Gasteiger partial charge is 0.269 e. The molecule has 0 atom stereocenters. The summed E-state index contributed by atoms with van der Waals surface area (Å²) in [4.78, 5) is 12.3. The van der Waals surface area contributed by atoms with Crippen LogP contribution in [-0.4, -0.2) is 23.6 Å². The number of hydrogen-bond donors (Lipinski definition) is 1. The average molecular weight is 236 g/mol. The summed E-state index contributed by atoms with van der Waals surface area (Å²) in [6.07, 6.45) is 2.51. The third-order valence-electron chi connectivity index (χ3n) is 3.08. The minimum atomic E-state index is -0.441. The predicted molar refractivity (Wildman–Crippen MR) is 65.0 cm³/mol. The minimum Gasteiger partial charge on any atom is -0.392 e. The summed E-state index contributed by atoms with van der Waals surface area (Å²) in [5.41, 5.74) is 1.52. The van der Waals surface area contributed by atoms with E-state index in [-0.39, 0.29) is 12.3 Å². The lowest BCUT2D eigenvalue weighted by Gasteiger charge is -2.21. The van der Waals surface area contributed by atoms with E-state index in [1.165, 1.54) is 25.0 Å². The molecule has 0 radical (unpaired) electrons. The van der Waals surface area contributed by atoms with Gasteiger partial charge in [0, 0.05) is 37.0 Å². The summed E-state index contributed by atoms with van der Waals surface area (Å²) in [5, 5.41) is 19.9. The van der Waals surface area contributed by atoms with Crippen LogP contribution < -0.4 is 4.90 Å². The normalized spacial score (nSPS) is 14.7. The van der Waals surface area contributed by atoms with E-state index in [0.717, 1.165) is 18.2 Å². The van der Waals surface area contributed by atoms with Crippen molar-refractivity contribution in [3.05, 3.63) is 33.9 Å². The van der Waals surface area contributed by atoms with Crippen LogP contribution in [0.1, 0.15) is 18.4 Å². The van der Waals surface area contributed by atoms with E-state index in [1.807, 2.05) is 7.05 Å². The Morgan fingerprint density at radius 2 is 2.24 bits per heavy atom. The zero-order valence-corrected chi connectivity index (χ0v) is 9.80. The Bertz CT molecular complexity index is 430. The third kappa shape index (κ3) is 2.74. The lowest BCUT2D eigenvalue weighted by Crippen LogP contribution is -2.21. The fourth-order valence-corrected chi connectivity index (χ4v) is 1.97. The van der Waals surface area contributed by atoms with Crippen molar-refractivity contribution in [3.63, 3.8) is 0 Å². The molecule has 0 unspecified atom stereocenters. The molecule has 1 aliphatic carbocycles. The van der Waals surface area contributed by atoms with Crippen LogP contribution in [0.3, 0.4) is 0 Å². The van der Waals surface area contributed by atoms with E-state index in [2.05, 4.69) is 4.90 Å². The molecule has 1 aliphatic rings. The molecule has 5 nitrogen and oxygen atoms in total. The van der Waals surface area contributed by atoms with Crippen LogP contribution in [0.5, 0.6) is 0 Å². The standard InChI is InChI=1S/C12H16N2O3/c1-13(7-9-2-3-9)12-5-4-11(14(16)17)6-10(12)8-15/h4-6,9,15H,2-3,7-8H2,1H3. The largest absolute Gasteiger partial charge is 0.392 e. The number of nitrogens with zero attached hydrogens (tertiary/aromatic N) is 2. The molecule has 1 aromatic rings. The summed E-state index contributed by atoms with van der Waals surface area (Å²) in [5.74, 6) is 0.738. The number of rotatable bonds is 5. The van der Waals surface area contributed by atoms with Crippen LogP contribution in [0.15, 0.2) is 18.2 Å². The third-order valence-corrected chi connectivity index (χ3v) is 3.08. The topological polar surface area (TPSA) is 66.6 Å². The number of nitro benzene ring substituents is 1. The van der Waals surface area contributed by atoms with Gasteiger partial charge in [0.05, 0.1) is 11.5 Å². The van der Waals surface area contributed by atoms with Gasteiger partial charge < -0.3 is 10.0 Å². The maximum absolute atomic E-state index is 10.6. The first kappa shape index (κ1) is 11.9. The van der Waals surface area contributed by atoms with Gasteiger partial charge in [-0.05, 0) is 24.8 Å². The molecule has 0 amide bonds. The second-order valence-corrected chi connectivity index (χ2v) is 4.55. The highest BCUT2D eigenvalue weighted by Crippen LogP contribution is 2.32. The fraction of sp³-hybridized carbons (Fsp3) is 0.500. The molecule has 0 bridgehead atoms. The molecular formula is C12H16N2O3. The number of nitro groups is 1. The van der Waals surface area contributed by atoms with Gasteiger partial charge in [0.25, 0.3) is 5.69 Å². The molecule has 1 fully saturated rings. The van der Waals surface area contributed by atoms with E-state index in [1.54, 1.807) is 6.07 Å². The second kappa shape index (κ2) is 4.71. The molecule has 17 heavy (non-hydrogen) atoms. The van der Waals surface area contributed by atoms with Crippen LogP contribution in [0.4, 0.5) is 11.4 Å². The first-order valence-electron chi connectivity index (χ1n) is 5.71. The zero-order valence-electron chi connectivity index (χ0n) is 9.80. The van der Waals surface area contributed by atoms with Crippen molar-refractivity contribution in [1.82, 2.24) is 0 Å². The van der Waals surface area contributed by atoms with Gasteiger partial charge in [-0.1, -0.05) is 0 Å². The Labute approximate surface area is 99.8 Å². The zero-order chi connectivity index (χ0) is 12.4. The molecule has 1 aromatic carbocycles. The fourth-order valence-electron chi connectivity index (χ4n) is 1.97. The molecule has 92 valence electrons. The van der Waals surface area contributed by atoms with Gasteiger partial charge in [0.2, 0.25) is 0 Å². The Morgan fingerprint density at radius 3 is 2.76 bits per heavy atom. The van der Waals surface area contributed by atoms with Gasteiger partial charge in [0.1, 0.15) is 0 Å². The SMILES string of the molecule is CN(CC1CC1)c1ccc([N+](=O)[O-])cc1CO.